The molecular weight excluding hydrogens is 202 g/mol. The van der Waals surface area contributed by atoms with Crippen molar-refractivity contribution < 1.29 is 9.53 Å². The van der Waals surface area contributed by atoms with Crippen LogP contribution in [0.3, 0.4) is 0 Å². The minimum Gasteiger partial charge on any atom is -0.381 e. The Labute approximate surface area is 90.1 Å². The second-order valence-electron chi connectivity index (χ2n) is 3.63. The van der Waals surface area contributed by atoms with Crippen molar-refractivity contribution in [2.45, 2.75) is 25.7 Å². The highest BCUT2D eigenvalue weighted by Crippen LogP contribution is 2.19. The summed E-state index contributed by atoms with van der Waals surface area (Å²) in [5.74, 6) is 1.28. The van der Waals surface area contributed by atoms with E-state index in [1.54, 1.807) is 0 Å². The van der Waals surface area contributed by atoms with Gasteiger partial charge in [-0.15, -0.1) is 11.6 Å². The number of amides is 1. The van der Waals surface area contributed by atoms with E-state index >= 15 is 0 Å². The van der Waals surface area contributed by atoms with Crippen molar-refractivity contribution in [2.75, 3.05) is 25.6 Å². The normalized spacial score (nSPS) is 18.1. The van der Waals surface area contributed by atoms with Gasteiger partial charge in [0, 0.05) is 32.1 Å². The Morgan fingerprint density at radius 2 is 2.14 bits per heavy atom. The molecule has 4 heteroatoms. The number of hydrogen-bond donors (Lipinski definition) is 1. The molecule has 1 amide bonds. The molecule has 1 N–H and O–H groups in total. The van der Waals surface area contributed by atoms with Gasteiger partial charge in [-0.05, 0) is 25.2 Å². The fourth-order valence-corrected chi connectivity index (χ4v) is 1.74. The molecule has 0 saturated carbocycles. The molecule has 1 rings (SSSR count). The highest BCUT2D eigenvalue weighted by atomic mass is 35.5. The Kier molecular flexibility index (Phi) is 5.96. The van der Waals surface area contributed by atoms with Gasteiger partial charge in [-0.3, -0.25) is 4.79 Å². The van der Waals surface area contributed by atoms with Crippen molar-refractivity contribution >= 4 is 17.5 Å². The zero-order valence-electron chi connectivity index (χ0n) is 8.43. The van der Waals surface area contributed by atoms with Crippen LogP contribution in [-0.4, -0.2) is 31.5 Å². The predicted octanol–water partition coefficient (Wildman–Crippen LogP) is 1.55. The van der Waals surface area contributed by atoms with Crippen molar-refractivity contribution in [2.24, 2.45) is 5.92 Å². The van der Waals surface area contributed by atoms with Gasteiger partial charge >= 0.3 is 0 Å². The average Bonchev–Trinajstić information content (AvgIpc) is 2.25. The number of ether oxygens (including phenoxy) is 1. The van der Waals surface area contributed by atoms with Gasteiger partial charge in [0.25, 0.3) is 0 Å². The summed E-state index contributed by atoms with van der Waals surface area (Å²) in [5.41, 5.74) is 0. The van der Waals surface area contributed by atoms with Gasteiger partial charge in [0.2, 0.25) is 5.91 Å². The summed E-state index contributed by atoms with van der Waals surface area (Å²) in [5, 5.41) is 2.77. The zero-order valence-corrected chi connectivity index (χ0v) is 9.18. The molecule has 0 bridgehead atoms. The standard InChI is InChI=1S/C10H18ClNO2/c11-5-6-12-10(13)2-1-9-3-7-14-8-4-9/h9H,1-8H2,(H,12,13). The number of nitrogens with one attached hydrogen (secondary N) is 1. The first-order valence-corrected chi connectivity index (χ1v) is 5.77. The van der Waals surface area contributed by atoms with E-state index in [0.29, 0.717) is 24.8 Å². The molecule has 0 aromatic carbocycles. The first kappa shape index (κ1) is 11.8. The largest absolute Gasteiger partial charge is 0.381 e. The van der Waals surface area contributed by atoms with Crippen LogP contribution in [-0.2, 0) is 9.53 Å². The van der Waals surface area contributed by atoms with E-state index in [4.69, 9.17) is 16.3 Å². The third-order valence-electron chi connectivity index (χ3n) is 2.54. The van der Waals surface area contributed by atoms with Crippen molar-refractivity contribution in [3.8, 4) is 0 Å². The first-order valence-electron chi connectivity index (χ1n) is 5.23. The van der Waals surface area contributed by atoms with Crippen molar-refractivity contribution in [3.05, 3.63) is 0 Å². The number of carbonyl (C=O) groups excluding carboxylic acids is 1. The van der Waals surface area contributed by atoms with E-state index < -0.39 is 0 Å². The Bertz CT molecular complexity index is 170. The molecule has 0 radical (unpaired) electrons. The summed E-state index contributed by atoms with van der Waals surface area (Å²) < 4.78 is 5.25. The molecule has 1 fully saturated rings. The summed E-state index contributed by atoms with van der Waals surface area (Å²) >= 11 is 5.46. The molecule has 1 saturated heterocycles. The van der Waals surface area contributed by atoms with Gasteiger partial charge in [0.05, 0.1) is 0 Å². The van der Waals surface area contributed by atoms with Crippen molar-refractivity contribution in [1.29, 1.82) is 0 Å². The fourth-order valence-electron chi connectivity index (χ4n) is 1.65. The zero-order chi connectivity index (χ0) is 10.2. The Morgan fingerprint density at radius 3 is 2.79 bits per heavy atom. The topological polar surface area (TPSA) is 38.3 Å². The van der Waals surface area contributed by atoms with E-state index in [2.05, 4.69) is 5.32 Å². The van der Waals surface area contributed by atoms with Crippen LogP contribution in [0.5, 0.6) is 0 Å². The third kappa shape index (κ3) is 4.82. The lowest BCUT2D eigenvalue weighted by Crippen LogP contribution is -2.26. The minimum atomic E-state index is 0.122. The van der Waals surface area contributed by atoms with E-state index in [0.717, 1.165) is 32.5 Å². The SMILES string of the molecule is O=C(CCC1CCOCC1)NCCCl. The van der Waals surface area contributed by atoms with E-state index in [-0.39, 0.29) is 5.91 Å². The summed E-state index contributed by atoms with van der Waals surface area (Å²) in [6.07, 6.45) is 3.81. The van der Waals surface area contributed by atoms with Crippen molar-refractivity contribution in [1.82, 2.24) is 5.32 Å². The van der Waals surface area contributed by atoms with Crippen molar-refractivity contribution in [3.63, 3.8) is 0 Å². The van der Waals surface area contributed by atoms with Crippen LogP contribution >= 0.6 is 11.6 Å². The quantitative estimate of drug-likeness (QED) is 0.713. The lowest BCUT2D eigenvalue weighted by Gasteiger charge is -2.21. The van der Waals surface area contributed by atoms with Crippen LogP contribution in [0.2, 0.25) is 0 Å². The minimum absolute atomic E-state index is 0.122. The Morgan fingerprint density at radius 1 is 1.43 bits per heavy atom. The molecule has 0 spiro atoms. The highest BCUT2D eigenvalue weighted by molar-refractivity contribution is 6.18. The number of rotatable bonds is 5. The van der Waals surface area contributed by atoms with Gasteiger partial charge < -0.3 is 10.1 Å². The summed E-state index contributed by atoms with van der Waals surface area (Å²) in [6.45, 7) is 2.29. The van der Waals surface area contributed by atoms with Crippen LogP contribution in [0.4, 0.5) is 0 Å². The number of hydrogen-bond acceptors (Lipinski definition) is 2. The van der Waals surface area contributed by atoms with Crippen LogP contribution in [0.25, 0.3) is 0 Å². The smallest absolute Gasteiger partial charge is 0.220 e. The number of alkyl halides is 1. The van der Waals surface area contributed by atoms with E-state index in [9.17, 15) is 4.79 Å². The predicted molar refractivity (Wildman–Crippen MR) is 56.5 cm³/mol. The maximum Gasteiger partial charge on any atom is 0.220 e. The maximum absolute atomic E-state index is 11.2. The molecule has 0 atom stereocenters. The van der Waals surface area contributed by atoms with Gasteiger partial charge in [0.1, 0.15) is 0 Å². The molecule has 0 aromatic rings. The van der Waals surface area contributed by atoms with Gasteiger partial charge in [-0.1, -0.05) is 0 Å². The van der Waals surface area contributed by atoms with Crippen LogP contribution in [0.15, 0.2) is 0 Å². The molecule has 0 unspecified atom stereocenters. The first-order chi connectivity index (χ1) is 6.83. The van der Waals surface area contributed by atoms with Crippen LogP contribution < -0.4 is 5.32 Å². The van der Waals surface area contributed by atoms with Gasteiger partial charge in [0.15, 0.2) is 0 Å². The Balaban J connectivity index is 2.03. The maximum atomic E-state index is 11.2. The molecule has 0 aromatic heterocycles. The molecule has 3 nitrogen and oxygen atoms in total. The molecular formula is C10H18ClNO2. The summed E-state index contributed by atoms with van der Waals surface area (Å²) in [6, 6.07) is 0. The lowest BCUT2D eigenvalue weighted by molar-refractivity contribution is -0.121. The number of carbonyl (C=O) groups is 1. The molecule has 0 aliphatic carbocycles. The fraction of sp³-hybridized carbons (Fsp3) is 0.900. The molecule has 1 aliphatic rings. The van der Waals surface area contributed by atoms with E-state index in [1.807, 2.05) is 0 Å². The summed E-state index contributed by atoms with van der Waals surface area (Å²) in [4.78, 5) is 11.2. The average molecular weight is 220 g/mol. The monoisotopic (exact) mass is 219 g/mol. The highest BCUT2D eigenvalue weighted by Gasteiger charge is 2.14. The second-order valence-corrected chi connectivity index (χ2v) is 4.01. The Hall–Kier alpha value is -0.280. The van der Waals surface area contributed by atoms with Crippen LogP contribution in [0.1, 0.15) is 25.7 Å². The summed E-state index contributed by atoms with van der Waals surface area (Å²) in [7, 11) is 0. The molecule has 82 valence electrons. The molecule has 1 aliphatic heterocycles. The van der Waals surface area contributed by atoms with Gasteiger partial charge in [-0.2, -0.15) is 0 Å². The van der Waals surface area contributed by atoms with Gasteiger partial charge in [-0.25, -0.2) is 0 Å². The van der Waals surface area contributed by atoms with E-state index in [1.165, 1.54) is 0 Å². The lowest BCUT2D eigenvalue weighted by atomic mass is 9.95. The third-order valence-corrected chi connectivity index (χ3v) is 2.73. The number of halogens is 1. The molecule has 14 heavy (non-hydrogen) atoms. The second kappa shape index (κ2) is 7.07. The van der Waals surface area contributed by atoms with Crippen LogP contribution in [0, 0.1) is 5.92 Å². The molecule has 1 heterocycles.